The van der Waals surface area contributed by atoms with E-state index in [0.29, 0.717) is 40.5 Å². The minimum absolute atomic E-state index is 0.00834. The Balaban J connectivity index is 1.30. The van der Waals surface area contributed by atoms with Gasteiger partial charge in [-0.3, -0.25) is 14.4 Å². The van der Waals surface area contributed by atoms with Gasteiger partial charge in [-0.2, -0.15) is 0 Å². The minimum atomic E-state index is -1.23. The zero-order valence-corrected chi connectivity index (χ0v) is 26.3. The molecule has 2 aromatic rings. The van der Waals surface area contributed by atoms with Crippen LogP contribution in [0.25, 0.3) is 0 Å². The number of carbonyl (C=O) groups excluding carboxylic acids is 3. The number of amides is 3. The average Bonchev–Trinajstić information content (AvgIpc) is 3.65. The molecule has 1 saturated carbocycles. The third-order valence-electron chi connectivity index (χ3n) is 10.1. The van der Waals surface area contributed by atoms with Crippen LogP contribution in [-0.4, -0.2) is 67.2 Å². The number of nitrogens with zero attached hydrogens (tertiary/aromatic N) is 1. The van der Waals surface area contributed by atoms with E-state index in [1.807, 2.05) is 30.4 Å². The maximum Gasteiger partial charge on any atom is 0.246 e. The fraction of sp³-hybridized carbons (Fsp3) is 0.500. The van der Waals surface area contributed by atoms with Gasteiger partial charge in [-0.25, -0.2) is 0 Å². The quantitative estimate of drug-likeness (QED) is 0.396. The predicted molar refractivity (Wildman–Crippen MR) is 167 cm³/mol. The van der Waals surface area contributed by atoms with Gasteiger partial charge in [0.1, 0.15) is 11.6 Å². The molecule has 8 unspecified atom stereocenters. The van der Waals surface area contributed by atoms with Gasteiger partial charge < -0.3 is 29.7 Å². The van der Waals surface area contributed by atoms with Crippen LogP contribution < -0.4 is 20.1 Å². The number of carbonyl (C=O) groups is 3. The van der Waals surface area contributed by atoms with Crippen molar-refractivity contribution in [1.29, 1.82) is 0 Å². The van der Waals surface area contributed by atoms with E-state index >= 15 is 0 Å². The molecule has 2 bridgehead atoms. The second-order valence-electron chi connectivity index (χ2n) is 12.6. The average molecular weight is 622 g/mol. The number of hydrogen-bond donors (Lipinski definition) is 2. The van der Waals surface area contributed by atoms with Crippen LogP contribution in [0.5, 0.6) is 11.5 Å². The first-order valence-electron chi connectivity index (χ1n) is 15.4. The lowest BCUT2D eigenvalue weighted by atomic mass is 9.73. The summed E-state index contributed by atoms with van der Waals surface area (Å²) < 4.78 is 17.4. The molecule has 2 N–H and O–H groups in total. The van der Waals surface area contributed by atoms with Crippen molar-refractivity contribution >= 4 is 35.0 Å². The molecule has 44 heavy (non-hydrogen) atoms. The summed E-state index contributed by atoms with van der Waals surface area (Å²) in [6, 6.07) is 11.6. The highest BCUT2D eigenvalue weighted by molar-refractivity contribution is 6.30. The number of nitrogens with one attached hydrogen (secondary N) is 2. The molecular weight excluding hydrogens is 582 g/mol. The van der Waals surface area contributed by atoms with Crippen molar-refractivity contribution in [3.63, 3.8) is 0 Å². The summed E-state index contributed by atoms with van der Waals surface area (Å²) in [5.74, 6) is -0.450. The number of anilines is 1. The van der Waals surface area contributed by atoms with Crippen LogP contribution in [0.4, 0.5) is 5.69 Å². The number of rotatable bonds is 9. The van der Waals surface area contributed by atoms with E-state index in [2.05, 4.69) is 24.5 Å². The Morgan fingerprint density at radius 1 is 1.07 bits per heavy atom. The first-order chi connectivity index (χ1) is 21.2. The van der Waals surface area contributed by atoms with Gasteiger partial charge in [0.15, 0.2) is 11.5 Å². The van der Waals surface area contributed by atoms with Crippen LogP contribution in [0.3, 0.4) is 0 Å². The van der Waals surface area contributed by atoms with E-state index in [1.165, 1.54) is 0 Å². The molecule has 0 aromatic heterocycles. The van der Waals surface area contributed by atoms with Gasteiger partial charge in [-0.15, -0.1) is 0 Å². The maximum absolute atomic E-state index is 14.3. The molecule has 2 aromatic carbocycles. The largest absolute Gasteiger partial charge is 0.493 e. The van der Waals surface area contributed by atoms with Crippen molar-refractivity contribution in [2.75, 3.05) is 26.1 Å². The number of likely N-dealkylation sites (tertiary alicyclic amines) is 1. The Labute approximate surface area is 263 Å². The first kappa shape index (κ1) is 30.5. The zero-order valence-electron chi connectivity index (χ0n) is 25.5. The molecule has 9 nitrogen and oxygen atoms in total. The highest BCUT2D eigenvalue weighted by atomic mass is 35.5. The SMILES string of the molecule is COc1ccc(CCN2C(=O)C3C(C(=O)Nc4cccc(Cl)c4)C4C=CC3(O4)C2C(=O)NC2CCCC(C)C2C)cc1OC. The summed E-state index contributed by atoms with van der Waals surface area (Å²) >= 11 is 6.15. The van der Waals surface area contributed by atoms with Crippen molar-refractivity contribution in [1.82, 2.24) is 10.2 Å². The fourth-order valence-corrected chi connectivity index (χ4v) is 7.82. The van der Waals surface area contributed by atoms with Crippen LogP contribution in [0, 0.1) is 23.7 Å². The predicted octanol–water partition coefficient (Wildman–Crippen LogP) is 4.63. The topological polar surface area (TPSA) is 106 Å². The molecule has 2 saturated heterocycles. The van der Waals surface area contributed by atoms with Gasteiger partial charge in [-0.1, -0.05) is 62.6 Å². The number of fused-ring (bicyclic) bond motifs is 1. The maximum atomic E-state index is 14.3. The van der Waals surface area contributed by atoms with Gasteiger partial charge in [0.25, 0.3) is 0 Å². The number of ether oxygens (including phenoxy) is 3. The highest BCUT2D eigenvalue weighted by Gasteiger charge is 2.72. The van der Waals surface area contributed by atoms with E-state index in [-0.39, 0.29) is 30.3 Å². The van der Waals surface area contributed by atoms with Gasteiger partial charge >= 0.3 is 0 Å². The van der Waals surface area contributed by atoms with Crippen molar-refractivity contribution in [3.8, 4) is 11.5 Å². The minimum Gasteiger partial charge on any atom is -0.493 e. The molecule has 6 rings (SSSR count). The molecular formula is C34H40ClN3O6. The summed E-state index contributed by atoms with van der Waals surface area (Å²) in [5.41, 5.74) is 0.229. The Hall–Kier alpha value is -3.56. The van der Waals surface area contributed by atoms with E-state index < -0.39 is 29.6 Å². The highest BCUT2D eigenvalue weighted by Crippen LogP contribution is 2.55. The van der Waals surface area contributed by atoms with Crippen molar-refractivity contribution in [3.05, 3.63) is 65.2 Å². The van der Waals surface area contributed by atoms with E-state index in [4.69, 9.17) is 25.8 Å². The summed E-state index contributed by atoms with van der Waals surface area (Å²) in [4.78, 5) is 44.0. The van der Waals surface area contributed by atoms with Crippen molar-refractivity contribution in [2.24, 2.45) is 23.7 Å². The van der Waals surface area contributed by atoms with E-state index in [1.54, 1.807) is 43.4 Å². The van der Waals surface area contributed by atoms with Gasteiger partial charge in [-0.05, 0) is 60.6 Å². The summed E-state index contributed by atoms with van der Waals surface area (Å²) in [7, 11) is 3.16. The van der Waals surface area contributed by atoms with Crippen molar-refractivity contribution in [2.45, 2.75) is 63.3 Å². The molecule has 3 heterocycles. The van der Waals surface area contributed by atoms with Gasteiger partial charge in [0, 0.05) is 23.3 Å². The van der Waals surface area contributed by atoms with Crippen LogP contribution >= 0.6 is 11.6 Å². The lowest BCUT2D eigenvalue weighted by Gasteiger charge is -2.38. The van der Waals surface area contributed by atoms with Crippen LogP contribution in [0.2, 0.25) is 5.02 Å². The fourth-order valence-electron chi connectivity index (χ4n) is 7.63. The Morgan fingerprint density at radius 2 is 1.86 bits per heavy atom. The molecule has 1 spiro atoms. The molecule has 3 aliphatic heterocycles. The summed E-state index contributed by atoms with van der Waals surface area (Å²) in [6.45, 7) is 4.67. The first-order valence-corrected chi connectivity index (χ1v) is 15.8. The van der Waals surface area contributed by atoms with Crippen molar-refractivity contribution < 1.29 is 28.6 Å². The molecule has 3 fully saturated rings. The summed E-state index contributed by atoms with van der Waals surface area (Å²) in [6.07, 6.45) is 6.61. The van der Waals surface area contributed by atoms with Crippen LogP contribution in [0.1, 0.15) is 38.7 Å². The number of halogens is 1. The number of benzene rings is 2. The molecule has 10 heteroatoms. The molecule has 3 amide bonds. The molecule has 4 aliphatic rings. The third-order valence-corrected chi connectivity index (χ3v) is 10.4. The molecule has 234 valence electrons. The normalized spacial score (nSPS) is 32.0. The monoisotopic (exact) mass is 621 g/mol. The standard InChI is InChI=1S/C34H40ClN3O6/c1-19-7-5-10-24(20(19)2)37-32(40)30-34-15-13-26(44-34)28(31(39)36-23-9-6-8-22(35)18-23)29(34)33(41)38(30)16-14-21-11-12-25(42-3)27(17-21)43-4/h6,8-9,11-13,15,17-20,24,26,28-30H,5,7,10,14,16H2,1-4H3,(H,36,39)(H,37,40). The van der Waals surface area contributed by atoms with Crippen LogP contribution in [0.15, 0.2) is 54.6 Å². The second kappa shape index (κ2) is 12.1. The Bertz CT molecular complexity index is 1480. The lowest BCUT2D eigenvalue weighted by molar-refractivity contribution is -0.141. The van der Waals surface area contributed by atoms with E-state index in [0.717, 1.165) is 24.8 Å². The van der Waals surface area contributed by atoms with Gasteiger partial charge in [0.05, 0.1) is 32.2 Å². The van der Waals surface area contributed by atoms with E-state index in [9.17, 15) is 14.4 Å². The number of methoxy groups -OCH3 is 2. The van der Waals surface area contributed by atoms with Gasteiger partial charge in [0.2, 0.25) is 17.7 Å². The number of hydrogen-bond acceptors (Lipinski definition) is 6. The zero-order chi connectivity index (χ0) is 31.2. The van der Waals surface area contributed by atoms with Crippen LogP contribution in [-0.2, 0) is 25.5 Å². The summed E-state index contributed by atoms with van der Waals surface area (Å²) in [5, 5.41) is 6.72. The molecule has 0 radical (unpaired) electrons. The molecule has 1 aliphatic carbocycles. The third kappa shape index (κ3) is 5.24. The smallest absolute Gasteiger partial charge is 0.246 e. The Morgan fingerprint density at radius 3 is 2.61 bits per heavy atom. The molecule has 8 atom stereocenters. The lowest BCUT2D eigenvalue weighted by Crippen LogP contribution is -2.58. The Kier molecular flexibility index (Phi) is 8.37. The second-order valence-corrected chi connectivity index (χ2v) is 13.0.